The first-order chi connectivity index (χ1) is 4.50. The summed E-state index contributed by atoms with van der Waals surface area (Å²) >= 11 is 6.41. The topological polar surface area (TPSA) is 26.0 Å². The average molecular weight is 194 g/mol. The van der Waals surface area contributed by atoms with E-state index in [1.165, 1.54) is 0 Å². The van der Waals surface area contributed by atoms with Gasteiger partial charge in [0.05, 0.1) is 0 Å². The summed E-state index contributed by atoms with van der Waals surface area (Å²) in [6.07, 6.45) is 0. The zero-order chi connectivity index (χ0) is 9.50. The van der Waals surface area contributed by atoms with Crippen LogP contribution in [0.3, 0.4) is 0 Å². The summed E-state index contributed by atoms with van der Waals surface area (Å²) in [6.45, 7) is 12.7. The minimum Gasteiger partial charge on any atom is -0.338 e. The fraction of sp³-hybridized carbons (Fsp3) is 1.00. The maximum atomic E-state index is 6.41. The fourth-order valence-corrected chi connectivity index (χ4v) is 3.38. The molecule has 0 fully saturated rings. The van der Waals surface area contributed by atoms with Crippen molar-refractivity contribution in [3.8, 4) is 0 Å². The van der Waals surface area contributed by atoms with Crippen molar-refractivity contribution in [2.45, 2.75) is 51.6 Å². The molecule has 0 spiro atoms. The van der Waals surface area contributed by atoms with Crippen molar-refractivity contribution in [2.75, 3.05) is 0 Å². The van der Waals surface area contributed by atoms with Crippen LogP contribution in [0, 0.1) is 0 Å². The van der Waals surface area contributed by atoms with E-state index in [1.54, 1.807) is 0 Å². The van der Waals surface area contributed by atoms with Gasteiger partial charge in [-0.3, -0.25) is 0 Å². The molecular formula is C8H20ClNSi. The summed E-state index contributed by atoms with van der Waals surface area (Å²) in [4.78, 5) is 0. The van der Waals surface area contributed by atoms with Crippen molar-refractivity contribution in [3.63, 3.8) is 0 Å². The predicted molar refractivity (Wildman–Crippen MR) is 55.2 cm³/mol. The summed E-state index contributed by atoms with van der Waals surface area (Å²) < 4.78 is 0. The van der Waals surface area contributed by atoms with E-state index in [2.05, 4.69) is 41.5 Å². The Balaban J connectivity index is 4.75. The maximum absolute atomic E-state index is 6.41. The first-order valence-corrected chi connectivity index (χ1v) is 7.07. The van der Waals surface area contributed by atoms with Gasteiger partial charge in [-0.05, 0) is 10.1 Å². The van der Waals surface area contributed by atoms with Crippen molar-refractivity contribution in [1.82, 2.24) is 0 Å². The minimum absolute atomic E-state index is 0.0623. The molecule has 0 saturated heterocycles. The molecule has 0 bridgehead atoms. The minimum atomic E-state index is -2.13. The first-order valence-electron chi connectivity index (χ1n) is 3.98. The molecule has 0 saturated carbocycles. The van der Waals surface area contributed by atoms with E-state index in [0.717, 1.165) is 0 Å². The summed E-state index contributed by atoms with van der Waals surface area (Å²) in [6, 6.07) is 0. The van der Waals surface area contributed by atoms with Gasteiger partial charge in [0.2, 0.25) is 7.55 Å². The van der Waals surface area contributed by atoms with E-state index in [-0.39, 0.29) is 10.1 Å². The molecule has 0 aromatic rings. The maximum Gasteiger partial charge on any atom is 0.234 e. The molecule has 0 atom stereocenters. The number of nitrogens with two attached hydrogens (primary N) is 1. The Morgan fingerprint density at radius 3 is 1.09 bits per heavy atom. The standard InChI is InChI=1S/C8H20ClNSi/c1-7(2,3)11(9,10)8(4,5)6/h10H2,1-6H3. The van der Waals surface area contributed by atoms with Gasteiger partial charge in [-0.2, -0.15) is 0 Å². The summed E-state index contributed by atoms with van der Waals surface area (Å²) in [5, 5.41) is 6.30. The van der Waals surface area contributed by atoms with Gasteiger partial charge in [0, 0.05) is 0 Å². The largest absolute Gasteiger partial charge is 0.338 e. The normalized spacial score (nSPS) is 15.3. The first kappa shape index (κ1) is 11.5. The van der Waals surface area contributed by atoms with Crippen molar-refractivity contribution in [1.29, 1.82) is 0 Å². The van der Waals surface area contributed by atoms with Crippen LogP contribution in [0.5, 0.6) is 0 Å². The molecule has 0 amide bonds. The van der Waals surface area contributed by atoms with Crippen molar-refractivity contribution in [3.05, 3.63) is 0 Å². The molecule has 0 radical (unpaired) electrons. The highest BCUT2D eigenvalue weighted by Crippen LogP contribution is 2.49. The molecule has 0 aliphatic carbocycles. The Bertz CT molecular complexity index is 125. The molecule has 0 aromatic carbocycles. The average Bonchev–Trinajstić information content (AvgIpc) is 1.58. The molecule has 0 rings (SSSR count). The SMILES string of the molecule is CC(C)(C)[Si](N)(Cl)C(C)(C)C. The Kier molecular flexibility index (Phi) is 2.87. The molecule has 0 aromatic heterocycles. The van der Waals surface area contributed by atoms with Crippen LogP contribution in [0.15, 0.2) is 0 Å². The highest BCUT2D eigenvalue weighted by molar-refractivity contribution is 7.21. The Labute approximate surface area is 76.1 Å². The highest BCUT2D eigenvalue weighted by Gasteiger charge is 2.49. The van der Waals surface area contributed by atoms with Crippen LogP contribution in [0.2, 0.25) is 10.1 Å². The fourth-order valence-electron chi connectivity index (χ4n) is 1.12. The van der Waals surface area contributed by atoms with E-state index in [1.807, 2.05) is 0 Å². The van der Waals surface area contributed by atoms with Crippen LogP contribution in [0.4, 0.5) is 0 Å². The van der Waals surface area contributed by atoms with Gasteiger partial charge in [0.1, 0.15) is 0 Å². The van der Waals surface area contributed by atoms with Gasteiger partial charge < -0.3 is 5.40 Å². The summed E-state index contributed by atoms with van der Waals surface area (Å²) in [5.41, 5.74) is 0. The quantitative estimate of drug-likeness (QED) is 0.464. The van der Waals surface area contributed by atoms with Gasteiger partial charge in [0.15, 0.2) is 0 Å². The number of halogens is 1. The molecule has 0 aliphatic rings. The molecule has 0 heterocycles. The van der Waals surface area contributed by atoms with Crippen LogP contribution < -0.4 is 5.40 Å². The molecule has 1 nitrogen and oxygen atoms in total. The summed E-state index contributed by atoms with van der Waals surface area (Å²) in [7, 11) is -2.13. The van der Waals surface area contributed by atoms with Crippen molar-refractivity contribution in [2.24, 2.45) is 5.40 Å². The third-order valence-electron chi connectivity index (χ3n) is 2.18. The second kappa shape index (κ2) is 2.75. The van der Waals surface area contributed by atoms with Crippen molar-refractivity contribution >= 4 is 18.6 Å². The van der Waals surface area contributed by atoms with Crippen LogP contribution >= 0.6 is 11.1 Å². The highest BCUT2D eigenvalue weighted by atomic mass is 35.6. The predicted octanol–water partition coefficient (Wildman–Crippen LogP) is 3.23. The molecular weight excluding hydrogens is 174 g/mol. The summed E-state index contributed by atoms with van der Waals surface area (Å²) in [5.74, 6) is 0. The molecule has 68 valence electrons. The lowest BCUT2D eigenvalue weighted by Crippen LogP contribution is -2.55. The van der Waals surface area contributed by atoms with Gasteiger partial charge >= 0.3 is 0 Å². The van der Waals surface area contributed by atoms with Gasteiger partial charge in [-0.25, -0.2) is 0 Å². The second-order valence-corrected chi connectivity index (χ2v) is 11.4. The third kappa shape index (κ3) is 2.20. The van der Waals surface area contributed by atoms with Gasteiger partial charge in [-0.1, -0.05) is 41.5 Å². The van der Waals surface area contributed by atoms with Gasteiger partial charge in [0.25, 0.3) is 0 Å². The molecule has 0 aliphatic heterocycles. The Morgan fingerprint density at radius 1 is 0.909 bits per heavy atom. The van der Waals surface area contributed by atoms with E-state index >= 15 is 0 Å². The monoisotopic (exact) mass is 193 g/mol. The molecule has 3 heteroatoms. The number of hydrogen-bond acceptors (Lipinski definition) is 1. The third-order valence-corrected chi connectivity index (χ3v) is 9.95. The molecule has 2 N–H and O–H groups in total. The lowest BCUT2D eigenvalue weighted by molar-refractivity contribution is 0.631. The van der Waals surface area contributed by atoms with Crippen LogP contribution in [0.1, 0.15) is 41.5 Å². The number of rotatable bonds is 0. The lowest BCUT2D eigenvalue weighted by Gasteiger charge is -2.43. The molecule has 11 heavy (non-hydrogen) atoms. The molecule has 0 unspecified atom stereocenters. The van der Waals surface area contributed by atoms with Gasteiger partial charge in [-0.15, -0.1) is 11.1 Å². The lowest BCUT2D eigenvalue weighted by atomic mass is 10.2. The van der Waals surface area contributed by atoms with E-state index in [4.69, 9.17) is 16.5 Å². The van der Waals surface area contributed by atoms with E-state index < -0.39 is 7.55 Å². The Morgan fingerprint density at radius 2 is 1.09 bits per heavy atom. The number of hydrogen-bond donors (Lipinski definition) is 1. The van der Waals surface area contributed by atoms with E-state index in [9.17, 15) is 0 Å². The van der Waals surface area contributed by atoms with Crippen molar-refractivity contribution < 1.29 is 0 Å². The smallest absolute Gasteiger partial charge is 0.234 e. The zero-order valence-electron chi connectivity index (χ0n) is 8.46. The van der Waals surface area contributed by atoms with Crippen LogP contribution in [-0.4, -0.2) is 7.55 Å². The zero-order valence-corrected chi connectivity index (χ0v) is 10.2. The second-order valence-electron chi connectivity index (χ2n) is 5.21. The van der Waals surface area contributed by atoms with Crippen LogP contribution in [-0.2, 0) is 0 Å². The van der Waals surface area contributed by atoms with E-state index in [0.29, 0.717) is 0 Å². The van der Waals surface area contributed by atoms with Crippen LogP contribution in [0.25, 0.3) is 0 Å². The Hall–Kier alpha value is 0.467.